The van der Waals surface area contributed by atoms with Crippen LogP contribution in [0.15, 0.2) is 22.8 Å². The van der Waals surface area contributed by atoms with E-state index in [2.05, 4.69) is 24.5 Å². The van der Waals surface area contributed by atoms with Gasteiger partial charge in [-0.2, -0.15) is 0 Å². The highest BCUT2D eigenvalue weighted by Gasteiger charge is 2.11. The zero-order valence-electron chi connectivity index (χ0n) is 9.92. The standard InChI is InChI=1S/C12H22N2O/c1-10(2)11(7-13-3)8-14-9-12-5-4-6-15-12/h4-6,10-11,13-14H,7-9H2,1-3H3. The van der Waals surface area contributed by atoms with Crippen molar-refractivity contribution in [2.24, 2.45) is 11.8 Å². The average Bonchev–Trinajstić information content (AvgIpc) is 2.69. The molecule has 0 aliphatic rings. The molecule has 0 aromatic carbocycles. The highest BCUT2D eigenvalue weighted by Crippen LogP contribution is 2.08. The number of hydrogen-bond donors (Lipinski definition) is 2. The molecular formula is C12H22N2O. The quantitative estimate of drug-likeness (QED) is 0.721. The predicted octanol–water partition coefficient (Wildman–Crippen LogP) is 1.86. The van der Waals surface area contributed by atoms with Gasteiger partial charge in [-0.25, -0.2) is 0 Å². The summed E-state index contributed by atoms with van der Waals surface area (Å²) in [7, 11) is 2.00. The normalized spacial score (nSPS) is 13.3. The summed E-state index contributed by atoms with van der Waals surface area (Å²) in [5.74, 6) is 2.37. The Hall–Kier alpha value is -0.800. The Morgan fingerprint density at radius 1 is 1.33 bits per heavy atom. The molecular weight excluding hydrogens is 188 g/mol. The zero-order chi connectivity index (χ0) is 11.1. The Balaban J connectivity index is 2.22. The van der Waals surface area contributed by atoms with Gasteiger partial charge in [0.2, 0.25) is 0 Å². The van der Waals surface area contributed by atoms with E-state index in [-0.39, 0.29) is 0 Å². The van der Waals surface area contributed by atoms with Crippen LogP contribution in [0.5, 0.6) is 0 Å². The minimum Gasteiger partial charge on any atom is -0.468 e. The number of rotatable bonds is 7. The molecule has 0 fully saturated rings. The number of hydrogen-bond acceptors (Lipinski definition) is 3. The van der Waals surface area contributed by atoms with Crippen molar-refractivity contribution in [1.82, 2.24) is 10.6 Å². The van der Waals surface area contributed by atoms with Gasteiger partial charge in [0.05, 0.1) is 12.8 Å². The fourth-order valence-electron chi connectivity index (χ4n) is 1.60. The maximum Gasteiger partial charge on any atom is 0.117 e. The molecule has 1 aromatic heterocycles. The van der Waals surface area contributed by atoms with Gasteiger partial charge in [0, 0.05) is 0 Å². The first-order valence-electron chi connectivity index (χ1n) is 5.61. The van der Waals surface area contributed by atoms with Crippen molar-refractivity contribution in [3.05, 3.63) is 24.2 Å². The van der Waals surface area contributed by atoms with Crippen LogP contribution in [0.25, 0.3) is 0 Å². The maximum atomic E-state index is 5.26. The minimum atomic E-state index is 0.671. The lowest BCUT2D eigenvalue weighted by Crippen LogP contribution is -2.32. The van der Waals surface area contributed by atoms with E-state index < -0.39 is 0 Å². The largest absolute Gasteiger partial charge is 0.468 e. The van der Waals surface area contributed by atoms with Gasteiger partial charge in [0.15, 0.2) is 0 Å². The van der Waals surface area contributed by atoms with E-state index in [1.165, 1.54) is 0 Å². The second-order valence-corrected chi connectivity index (χ2v) is 4.27. The molecule has 0 bridgehead atoms. The van der Waals surface area contributed by atoms with Crippen LogP contribution in [0, 0.1) is 11.8 Å². The van der Waals surface area contributed by atoms with Crippen molar-refractivity contribution in [3.63, 3.8) is 0 Å². The molecule has 0 amide bonds. The van der Waals surface area contributed by atoms with E-state index in [0.29, 0.717) is 11.8 Å². The van der Waals surface area contributed by atoms with Crippen molar-refractivity contribution in [3.8, 4) is 0 Å². The topological polar surface area (TPSA) is 37.2 Å². The molecule has 86 valence electrons. The molecule has 3 heteroatoms. The Bertz CT molecular complexity index is 244. The summed E-state index contributed by atoms with van der Waals surface area (Å²) in [6.45, 7) is 7.43. The molecule has 1 unspecified atom stereocenters. The van der Waals surface area contributed by atoms with Gasteiger partial charge in [0.25, 0.3) is 0 Å². The molecule has 0 saturated carbocycles. The summed E-state index contributed by atoms with van der Waals surface area (Å²) in [6.07, 6.45) is 1.71. The van der Waals surface area contributed by atoms with E-state index >= 15 is 0 Å². The summed E-state index contributed by atoms with van der Waals surface area (Å²) in [5, 5.41) is 6.65. The smallest absolute Gasteiger partial charge is 0.117 e. The van der Waals surface area contributed by atoms with E-state index in [1.807, 2.05) is 19.2 Å². The highest BCUT2D eigenvalue weighted by atomic mass is 16.3. The Morgan fingerprint density at radius 2 is 2.13 bits per heavy atom. The van der Waals surface area contributed by atoms with Crippen LogP contribution in [0.2, 0.25) is 0 Å². The molecule has 1 atom stereocenters. The molecule has 0 spiro atoms. The monoisotopic (exact) mass is 210 g/mol. The molecule has 3 nitrogen and oxygen atoms in total. The van der Waals surface area contributed by atoms with Crippen molar-refractivity contribution >= 4 is 0 Å². The van der Waals surface area contributed by atoms with Crippen molar-refractivity contribution < 1.29 is 4.42 Å². The van der Waals surface area contributed by atoms with Gasteiger partial charge in [-0.1, -0.05) is 13.8 Å². The Kier molecular flexibility index (Phi) is 5.43. The van der Waals surface area contributed by atoms with Crippen molar-refractivity contribution in [2.75, 3.05) is 20.1 Å². The van der Waals surface area contributed by atoms with E-state index in [0.717, 1.165) is 25.4 Å². The SMILES string of the molecule is CNCC(CNCc1ccco1)C(C)C. The third-order valence-electron chi connectivity index (χ3n) is 2.69. The zero-order valence-corrected chi connectivity index (χ0v) is 9.92. The molecule has 2 N–H and O–H groups in total. The Labute approximate surface area is 92.2 Å². The van der Waals surface area contributed by atoms with Crippen LogP contribution in [0.3, 0.4) is 0 Å². The molecule has 15 heavy (non-hydrogen) atoms. The first-order chi connectivity index (χ1) is 7.24. The van der Waals surface area contributed by atoms with Gasteiger partial charge in [-0.05, 0) is 44.1 Å². The molecule has 0 radical (unpaired) electrons. The van der Waals surface area contributed by atoms with Gasteiger partial charge in [-0.3, -0.25) is 0 Å². The highest BCUT2D eigenvalue weighted by molar-refractivity contribution is 4.97. The van der Waals surface area contributed by atoms with Crippen LogP contribution in [0.1, 0.15) is 19.6 Å². The summed E-state index contributed by atoms with van der Waals surface area (Å²) in [5.41, 5.74) is 0. The minimum absolute atomic E-state index is 0.671. The number of furan rings is 1. The second kappa shape index (κ2) is 6.64. The lowest BCUT2D eigenvalue weighted by Gasteiger charge is -2.20. The van der Waals surface area contributed by atoms with Crippen LogP contribution in [0.4, 0.5) is 0 Å². The average molecular weight is 210 g/mol. The third-order valence-corrected chi connectivity index (χ3v) is 2.69. The van der Waals surface area contributed by atoms with Crippen LogP contribution in [-0.4, -0.2) is 20.1 Å². The van der Waals surface area contributed by atoms with Crippen LogP contribution < -0.4 is 10.6 Å². The van der Waals surface area contributed by atoms with Crippen LogP contribution >= 0.6 is 0 Å². The van der Waals surface area contributed by atoms with E-state index in [4.69, 9.17) is 4.42 Å². The molecule has 0 aliphatic heterocycles. The number of nitrogens with one attached hydrogen (secondary N) is 2. The summed E-state index contributed by atoms with van der Waals surface area (Å²) in [6, 6.07) is 3.92. The first-order valence-corrected chi connectivity index (χ1v) is 5.61. The van der Waals surface area contributed by atoms with Gasteiger partial charge < -0.3 is 15.1 Å². The molecule has 1 heterocycles. The van der Waals surface area contributed by atoms with Gasteiger partial charge >= 0.3 is 0 Å². The molecule has 1 rings (SSSR count). The third kappa shape index (κ3) is 4.49. The van der Waals surface area contributed by atoms with Crippen molar-refractivity contribution in [2.45, 2.75) is 20.4 Å². The lowest BCUT2D eigenvalue weighted by atomic mass is 9.96. The lowest BCUT2D eigenvalue weighted by molar-refractivity contribution is 0.345. The summed E-state index contributed by atoms with van der Waals surface area (Å²) >= 11 is 0. The van der Waals surface area contributed by atoms with Gasteiger partial charge in [0.1, 0.15) is 5.76 Å². The fourth-order valence-corrected chi connectivity index (χ4v) is 1.60. The summed E-state index contributed by atoms with van der Waals surface area (Å²) < 4.78 is 5.26. The Morgan fingerprint density at radius 3 is 2.67 bits per heavy atom. The van der Waals surface area contributed by atoms with E-state index in [9.17, 15) is 0 Å². The molecule has 1 aromatic rings. The maximum absolute atomic E-state index is 5.26. The fraction of sp³-hybridized carbons (Fsp3) is 0.667. The van der Waals surface area contributed by atoms with Crippen molar-refractivity contribution in [1.29, 1.82) is 0 Å². The summed E-state index contributed by atoms with van der Waals surface area (Å²) in [4.78, 5) is 0. The predicted molar refractivity (Wildman–Crippen MR) is 62.7 cm³/mol. The molecule has 0 aliphatic carbocycles. The molecule has 0 saturated heterocycles. The first kappa shape index (κ1) is 12.3. The van der Waals surface area contributed by atoms with Gasteiger partial charge in [-0.15, -0.1) is 0 Å². The van der Waals surface area contributed by atoms with E-state index in [1.54, 1.807) is 6.26 Å². The van der Waals surface area contributed by atoms with Crippen LogP contribution in [-0.2, 0) is 6.54 Å². The second-order valence-electron chi connectivity index (χ2n) is 4.27.